The van der Waals surface area contributed by atoms with E-state index in [4.69, 9.17) is 23.2 Å². The molecule has 0 atom stereocenters. The van der Waals surface area contributed by atoms with Gasteiger partial charge in [-0.1, -0.05) is 41.4 Å². The van der Waals surface area contributed by atoms with Crippen LogP contribution in [0.15, 0.2) is 30.3 Å². The molecule has 6 heteroatoms. The number of hydrogen-bond donors (Lipinski definition) is 2. The first-order chi connectivity index (χ1) is 8.16. The maximum atomic E-state index is 9.59. The second-order valence-electron chi connectivity index (χ2n) is 3.35. The highest BCUT2D eigenvalue weighted by Crippen LogP contribution is 2.23. The number of hydrogen-bond acceptors (Lipinski definition) is 4. The van der Waals surface area contributed by atoms with Crippen molar-refractivity contribution in [2.45, 2.75) is 6.54 Å². The monoisotopic (exact) mass is 269 g/mol. The summed E-state index contributed by atoms with van der Waals surface area (Å²) in [5.41, 5.74) is 1.34. The van der Waals surface area contributed by atoms with E-state index in [2.05, 4.69) is 15.5 Å². The summed E-state index contributed by atoms with van der Waals surface area (Å²) in [5.74, 6) is 0.226. The molecule has 1 aromatic heterocycles. The Morgan fingerprint density at radius 3 is 2.71 bits per heavy atom. The lowest BCUT2D eigenvalue weighted by atomic mass is 10.2. The van der Waals surface area contributed by atoms with Crippen molar-refractivity contribution in [3.63, 3.8) is 0 Å². The van der Waals surface area contributed by atoms with Crippen LogP contribution in [0.4, 0.5) is 5.69 Å². The Kier molecular flexibility index (Phi) is 3.66. The number of para-hydroxylation sites is 1. The molecule has 0 bridgehead atoms. The van der Waals surface area contributed by atoms with Crippen LogP contribution in [0.2, 0.25) is 10.3 Å². The van der Waals surface area contributed by atoms with E-state index in [1.54, 1.807) is 18.2 Å². The van der Waals surface area contributed by atoms with Gasteiger partial charge in [-0.05, 0) is 6.07 Å². The second-order valence-corrected chi connectivity index (χ2v) is 4.10. The minimum atomic E-state index is 0.226. The van der Waals surface area contributed by atoms with Crippen molar-refractivity contribution in [2.24, 2.45) is 0 Å². The van der Waals surface area contributed by atoms with Crippen LogP contribution in [0, 0.1) is 0 Å². The lowest BCUT2D eigenvalue weighted by molar-refractivity contribution is 0.469. The number of aromatic hydroxyl groups is 1. The van der Waals surface area contributed by atoms with Gasteiger partial charge in [0.15, 0.2) is 10.3 Å². The summed E-state index contributed by atoms with van der Waals surface area (Å²) in [6.07, 6.45) is 0. The summed E-state index contributed by atoms with van der Waals surface area (Å²) in [4.78, 5) is 0. The molecule has 0 unspecified atom stereocenters. The van der Waals surface area contributed by atoms with Crippen molar-refractivity contribution < 1.29 is 5.11 Å². The summed E-state index contributed by atoms with van der Waals surface area (Å²) in [7, 11) is 0. The smallest absolute Gasteiger partial charge is 0.174 e. The van der Waals surface area contributed by atoms with Crippen molar-refractivity contribution in [2.75, 3.05) is 5.32 Å². The first kappa shape index (κ1) is 12.0. The number of phenols is 1. The molecular formula is C11H9Cl2N3O. The van der Waals surface area contributed by atoms with Gasteiger partial charge in [-0.25, -0.2) is 0 Å². The van der Waals surface area contributed by atoms with Crippen molar-refractivity contribution in [3.8, 4) is 5.75 Å². The second kappa shape index (κ2) is 5.21. The van der Waals surface area contributed by atoms with Gasteiger partial charge in [-0.2, -0.15) is 0 Å². The fourth-order valence-corrected chi connectivity index (χ4v) is 1.63. The molecule has 4 nitrogen and oxygen atoms in total. The number of nitrogens with zero attached hydrogens (tertiary/aromatic N) is 2. The average molecular weight is 270 g/mol. The molecule has 0 aliphatic rings. The topological polar surface area (TPSA) is 58.0 Å². The van der Waals surface area contributed by atoms with Crippen LogP contribution < -0.4 is 5.32 Å². The first-order valence-corrected chi connectivity index (χ1v) is 5.62. The Labute approximate surface area is 108 Å². The normalized spacial score (nSPS) is 10.2. The molecule has 0 radical (unpaired) electrons. The summed E-state index contributed by atoms with van der Waals surface area (Å²) >= 11 is 11.6. The van der Waals surface area contributed by atoms with Crippen LogP contribution in [-0.2, 0) is 6.54 Å². The molecule has 1 aromatic carbocycles. The molecule has 0 saturated heterocycles. The fourth-order valence-electron chi connectivity index (χ4n) is 1.33. The zero-order chi connectivity index (χ0) is 12.3. The van der Waals surface area contributed by atoms with Gasteiger partial charge in [0.1, 0.15) is 5.75 Å². The molecule has 0 amide bonds. The summed E-state index contributed by atoms with van der Waals surface area (Å²) in [5, 5.41) is 20.4. The number of aromatic nitrogens is 2. The van der Waals surface area contributed by atoms with Crippen molar-refractivity contribution in [1.29, 1.82) is 0 Å². The van der Waals surface area contributed by atoms with Crippen molar-refractivity contribution in [1.82, 2.24) is 10.2 Å². The lowest BCUT2D eigenvalue weighted by Gasteiger charge is -2.08. The van der Waals surface area contributed by atoms with Gasteiger partial charge in [0.05, 0.1) is 5.69 Å². The molecule has 2 N–H and O–H groups in total. The van der Waals surface area contributed by atoms with Crippen LogP contribution >= 0.6 is 23.2 Å². The summed E-state index contributed by atoms with van der Waals surface area (Å²) in [6.45, 7) is 0.425. The van der Waals surface area contributed by atoms with E-state index in [0.29, 0.717) is 12.2 Å². The number of halogens is 2. The lowest BCUT2D eigenvalue weighted by Crippen LogP contribution is -2.01. The van der Waals surface area contributed by atoms with E-state index >= 15 is 0 Å². The molecule has 0 aliphatic heterocycles. The molecule has 0 spiro atoms. The molecule has 2 aromatic rings. The van der Waals surface area contributed by atoms with E-state index in [0.717, 1.165) is 5.56 Å². The third kappa shape index (κ3) is 2.99. The van der Waals surface area contributed by atoms with Gasteiger partial charge in [0.2, 0.25) is 0 Å². The van der Waals surface area contributed by atoms with E-state index in [-0.39, 0.29) is 16.1 Å². The third-order valence-electron chi connectivity index (χ3n) is 2.18. The van der Waals surface area contributed by atoms with Gasteiger partial charge >= 0.3 is 0 Å². The Hall–Kier alpha value is -1.52. The molecule has 17 heavy (non-hydrogen) atoms. The molecule has 0 saturated carbocycles. The van der Waals surface area contributed by atoms with Gasteiger partial charge < -0.3 is 10.4 Å². The average Bonchev–Trinajstić information content (AvgIpc) is 2.32. The summed E-state index contributed by atoms with van der Waals surface area (Å²) in [6, 6.07) is 8.62. The van der Waals surface area contributed by atoms with Crippen LogP contribution in [0.1, 0.15) is 5.56 Å². The van der Waals surface area contributed by atoms with Crippen molar-refractivity contribution >= 4 is 28.9 Å². The molecule has 0 aliphatic carbocycles. The van der Waals surface area contributed by atoms with Crippen LogP contribution in [0.25, 0.3) is 0 Å². The quantitative estimate of drug-likeness (QED) is 0.899. The molecule has 2 rings (SSSR count). The van der Waals surface area contributed by atoms with Crippen LogP contribution in [0.5, 0.6) is 5.75 Å². The Morgan fingerprint density at radius 2 is 1.94 bits per heavy atom. The largest absolute Gasteiger partial charge is 0.508 e. The Bertz CT molecular complexity index is 534. The highest BCUT2D eigenvalue weighted by molar-refractivity contribution is 6.33. The van der Waals surface area contributed by atoms with E-state index in [9.17, 15) is 5.11 Å². The fraction of sp³-hybridized carbons (Fsp3) is 0.0909. The SMILES string of the molecule is Oc1ccccc1CNc1cc(Cl)nnc1Cl. The molecule has 1 heterocycles. The van der Waals surface area contributed by atoms with Gasteiger partial charge in [0, 0.05) is 18.2 Å². The van der Waals surface area contributed by atoms with Gasteiger partial charge in [-0.3, -0.25) is 0 Å². The van der Waals surface area contributed by atoms with Crippen LogP contribution in [0.3, 0.4) is 0 Å². The predicted molar refractivity (Wildman–Crippen MR) is 67.5 cm³/mol. The molecular weight excluding hydrogens is 261 g/mol. The Morgan fingerprint density at radius 1 is 1.18 bits per heavy atom. The first-order valence-electron chi connectivity index (χ1n) is 4.86. The van der Waals surface area contributed by atoms with E-state index < -0.39 is 0 Å². The third-order valence-corrected chi connectivity index (χ3v) is 2.64. The number of benzene rings is 1. The Balaban J connectivity index is 2.12. The highest BCUT2D eigenvalue weighted by Gasteiger charge is 2.05. The zero-order valence-corrected chi connectivity index (χ0v) is 10.2. The molecule has 88 valence electrons. The van der Waals surface area contributed by atoms with Crippen LogP contribution in [-0.4, -0.2) is 15.3 Å². The molecule has 0 fully saturated rings. The van der Waals surface area contributed by atoms with Gasteiger partial charge in [0.25, 0.3) is 0 Å². The van der Waals surface area contributed by atoms with Crippen molar-refractivity contribution in [3.05, 3.63) is 46.2 Å². The number of phenolic OH excluding ortho intramolecular Hbond substituents is 1. The number of rotatable bonds is 3. The number of anilines is 1. The minimum absolute atomic E-state index is 0.226. The predicted octanol–water partition coefficient (Wildman–Crippen LogP) is 3.10. The maximum absolute atomic E-state index is 9.59. The standard InChI is InChI=1S/C11H9Cl2N3O/c12-10-5-8(11(13)16-15-10)14-6-7-3-1-2-4-9(7)17/h1-5,17H,6H2,(H,14,15). The zero-order valence-electron chi connectivity index (χ0n) is 8.69. The van der Waals surface area contributed by atoms with Gasteiger partial charge in [-0.15, -0.1) is 10.2 Å². The minimum Gasteiger partial charge on any atom is -0.508 e. The highest BCUT2D eigenvalue weighted by atomic mass is 35.5. The number of nitrogens with one attached hydrogen (secondary N) is 1. The summed E-state index contributed by atoms with van der Waals surface area (Å²) < 4.78 is 0. The van der Waals surface area contributed by atoms with E-state index in [1.165, 1.54) is 0 Å². The maximum Gasteiger partial charge on any atom is 0.174 e. The van der Waals surface area contributed by atoms with E-state index in [1.807, 2.05) is 12.1 Å².